The molecule has 0 spiro atoms. The van der Waals surface area contributed by atoms with Gasteiger partial charge in [0.15, 0.2) is 0 Å². The largest absolute Gasteiger partial charge is 0.334 e. The highest BCUT2D eigenvalue weighted by atomic mass is 16.2. The van der Waals surface area contributed by atoms with E-state index in [0.717, 1.165) is 22.4 Å². The number of anilines is 1. The summed E-state index contributed by atoms with van der Waals surface area (Å²) in [6.45, 7) is 3.15. The number of hydrogen-bond acceptors (Lipinski definition) is 2. The van der Waals surface area contributed by atoms with E-state index in [-0.39, 0.29) is 6.03 Å². The van der Waals surface area contributed by atoms with Crippen molar-refractivity contribution < 1.29 is 4.79 Å². The second-order valence-electron chi connectivity index (χ2n) is 5.59. The molecular weight excluding hydrogens is 300 g/mol. The number of nitrogens with zero attached hydrogens (tertiary/aromatic N) is 2. The summed E-state index contributed by atoms with van der Waals surface area (Å²) in [7, 11) is 0. The van der Waals surface area contributed by atoms with Crippen LogP contribution < -0.4 is 10.6 Å². The van der Waals surface area contributed by atoms with Crippen LogP contribution in [0, 0.1) is 6.92 Å². The van der Waals surface area contributed by atoms with Crippen LogP contribution >= 0.6 is 0 Å². The molecule has 0 fully saturated rings. The van der Waals surface area contributed by atoms with Gasteiger partial charge in [0.25, 0.3) is 0 Å². The molecule has 1 heterocycles. The summed E-state index contributed by atoms with van der Waals surface area (Å²) in [6, 6.07) is 17.4. The van der Waals surface area contributed by atoms with Gasteiger partial charge in [-0.25, -0.2) is 4.79 Å². The molecule has 0 bridgehead atoms. The van der Waals surface area contributed by atoms with Crippen molar-refractivity contribution in [2.24, 2.45) is 0 Å². The highest BCUT2D eigenvalue weighted by Gasteiger charge is 2.07. The SMILES string of the molecule is Cc1ccccc1CNC(=O)Nc1ccccc1Cn1cccn1. The molecule has 0 saturated heterocycles. The first-order chi connectivity index (χ1) is 11.7. The third-order valence-electron chi connectivity index (χ3n) is 3.86. The van der Waals surface area contributed by atoms with Gasteiger partial charge >= 0.3 is 6.03 Å². The monoisotopic (exact) mass is 320 g/mol. The Labute approximate surface area is 141 Å². The van der Waals surface area contributed by atoms with E-state index in [1.54, 1.807) is 6.20 Å². The van der Waals surface area contributed by atoms with Crippen molar-refractivity contribution in [3.05, 3.63) is 83.7 Å². The number of nitrogens with one attached hydrogen (secondary N) is 2. The van der Waals surface area contributed by atoms with Crippen LogP contribution in [-0.2, 0) is 13.1 Å². The van der Waals surface area contributed by atoms with Crippen molar-refractivity contribution in [2.75, 3.05) is 5.32 Å². The Balaban J connectivity index is 1.63. The van der Waals surface area contributed by atoms with E-state index in [1.165, 1.54) is 0 Å². The number of rotatable bonds is 5. The van der Waals surface area contributed by atoms with E-state index < -0.39 is 0 Å². The van der Waals surface area contributed by atoms with Crippen molar-refractivity contribution in [1.82, 2.24) is 15.1 Å². The van der Waals surface area contributed by atoms with Gasteiger partial charge in [-0.05, 0) is 35.7 Å². The zero-order valence-electron chi connectivity index (χ0n) is 13.6. The van der Waals surface area contributed by atoms with Crippen molar-refractivity contribution in [3.8, 4) is 0 Å². The summed E-state index contributed by atoms with van der Waals surface area (Å²) in [5, 5.41) is 10.0. The van der Waals surface area contributed by atoms with Crippen LogP contribution in [0.15, 0.2) is 67.0 Å². The standard InChI is InChI=1S/C19H20N4O/c1-15-7-2-3-8-16(15)13-20-19(24)22-18-10-5-4-9-17(18)14-23-12-6-11-21-23/h2-12H,13-14H2,1H3,(H2,20,22,24). The van der Waals surface area contributed by atoms with Crippen molar-refractivity contribution in [2.45, 2.75) is 20.0 Å². The Morgan fingerprint density at radius 1 is 1.04 bits per heavy atom. The number of carbonyl (C=O) groups excluding carboxylic acids is 1. The minimum absolute atomic E-state index is 0.217. The number of urea groups is 1. The maximum atomic E-state index is 12.2. The maximum absolute atomic E-state index is 12.2. The zero-order chi connectivity index (χ0) is 16.8. The van der Waals surface area contributed by atoms with Gasteiger partial charge < -0.3 is 10.6 Å². The first-order valence-corrected chi connectivity index (χ1v) is 7.87. The molecule has 3 rings (SSSR count). The molecule has 5 heteroatoms. The lowest BCUT2D eigenvalue weighted by molar-refractivity contribution is 0.251. The summed E-state index contributed by atoms with van der Waals surface area (Å²) in [5.41, 5.74) is 4.07. The molecule has 2 amide bonds. The van der Waals surface area contributed by atoms with E-state index in [1.807, 2.05) is 72.4 Å². The Morgan fingerprint density at radius 3 is 2.54 bits per heavy atom. The fourth-order valence-corrected chi connectivity index (χ4v) is 2.50. The Hall–Kier alpha value is -3.08. The van der Waals surface area contributed by atoms with Gasteiger partial charge in [-0.15, -0.1) is 0 Å². The van der Waals surface area contributed by atoms with Crippen LogP contribution in [0.3, 0.4) is 0 Å². The predicted molar refractivity (Wildman–Crippen MR) is 94.8 cm³/mol. The summed E-state index contributed by atoms with van der Waals surface area (Å²) in [6.07, 6.45) is 3.64. The first kappa shape index (κ1) is 15.8. The molecule has 0 saturated carbocycles. The molecule has 0 aliphatic rings. The van der Waals surface area contributed by atoms with Crippen LogP contribution in [0.4, 0.5) is 10.5 Å². The van der Waals surface area contributed by atoms with E-state index in [4.69, 9.17) is 0 Å². The van der Waals surface area contributed by atoms with Crippen LogP contribution in [-0.4, -0.2) is 15.8 Å². The molecule has 122 valence electrons. The lowest BCUT2D eigenvalue weighted by Gasteiger charge is -2.13. The van der Waals surface area contributed by atoms with Crippen molar-refractivity contribution in [3.63, 3.8) is 0 Å². The van der Waals surface area contributed by atoms with Crippen LogP contribution in [0.5, 0.6) is 0 Å². The summed E-state index contributed by atoms with van der Waals surface area (Å²) >= 11 is 0. The van der Waals surface area contributed by atoms with E-state index in [9.17, 15) is 4.79 Å². The van der Waals surface area contributed by atoms with Gasteiger partial charge in [0.1, 0.15) is 0 Å². The predicted octanol–water partition coefficient (Wildman–Crippen LogP) is 3.56. The normalized spacial score (nSPS) is 10.4. The molecule has 0 atom stereocenters. The molecule has 2 N–H and O–H groups in total. The lowest BCUT2D eigenvalue weighted by atomic mass is 10.1. The zero-order valence-corrected chi connectivity index (χ0v) is 13.6. The third kappa shape index (κ3) is 4.01. The highest BCUT2D eigenvalue weighted by molar-refractivity contribution is 5.90. The molecule has 5 nitrogen and oxygen atoms in total. The van der Waals surface area contributed by atoms with E-state index >= 15 is 0 Å². The number of carbonyl (C=O) groups is 1. The Kier molecular flexibility index (Phi) is 4.91. The minimum atomic E-state index is -0.217. The number of benzene rings is 2. The number of hydrogen-bond donors (Lipinski definition) is 2. The van der Waals surface area contributed by atoms with Gasteiger partial charge in [0.05, 0.1) is 6.54 Å². The number of aryl methyl sites for hydroxylation is 1. The molecular formula is C19H20N4O. The van der Waals surface area contributed by atoms with Crippen molar-refractivity contribution in [1.29, 1.82) is 0 Å². The minimum Gasteiger partial charge on any atom is -0.334 e. The molecule has 24 heavy (non-hydrogen) atoms. The number of aromatic nitrogens is 2. The average molecular weight is 320 g/mol. The molecule has 0 unspecified atom stereocenters. The topological polar surface area (TPSA) is 59.0 Å². The van der Waals surface area contributed by atoms with Gasteiger partial charge in [-0.2, -0.15) is 5.10 Å². The number of para-hydroxylation sites is 1. The van der Waals surface area contributed by atoms with Gasteiger partial charge in [-0.3, -0.25) is 4.68 Å². The van der Waals surface area contributed by atoms with E-state index in [2.05, 4.69) is 15.7 Å². The lowest BCUT2D eigenvalue weighted by Crippen LogP contribution is -2.29. The Morgan fingerprint density at radius 2 is 1.79 bits per heavy atom. The smallest absolute Gasteiger partial charge is 0.319 e. The second-order valence-corrected chi connectivity index (χ2v) is 5.59. The maximum Gasteiger partial charge on any atom is 0.319 e. The fourth-order valence-electron chi connectivity index (χ4n) is 2.50. The second kappa shape index (κ2) is 7.46. The summed E-state index contributed by atoms with van der Waals surface area (Å²) < 4.78 is 1.83. The fraction of sp³-hybridized carbons (Fsp3) is 0.158. The van der Waals surface area contributed by atoms with Crippen LogP contribution in [0.2, 0.25) is 0 Å². The average Bonchev–Trinajstić information content (AvgIpc) is 3.09. The van der Waals surface area contributed by atoms with Crippen LogP contribution in [0.1, 0.15) is 16.7 Å². The molecule has 1 aromatic heterocycles. The quantitative estimate of drug-likeness (QED) is 0.755. The van der Waals surface area contributed by atoms with E-state index in [0.29, 0.717) is 13.1 Å². The molecule has 3 aromatic rings. The molecule has 2 aromatic carbocycles. The first-order valence-electron chi connectivity index (χ1n) is 7.87. The van der Waals surface area contributed by atoms with Gasteiger partial charge in [0, 0.05) is 24.6 Å². The highest BCUT2D eigenvalue weighted by Crippen LogP contribution is 2.16. The summed E-state index contributed by atoms with van der Waals surface area (Å²) in [4.78, 5) is 12.2. The number of amides is 2. The molecule has 0 radical (unpaired) electrons. The molecule has 0 aliphatic heterocycles. The van der Waals surface area contributed by atoms with Gasteiger partial charge in [0.2, 0.25) is 0 Å². The third-order valence-corrected chi connectivity index (χ3v) is 3.86. The molecule has 0 aliphatic carbocycles. The van der Waals surface area contributed by atoms with Crippen LogP contribution in [0.25, 0.3) is 0 Å². The summed E-state index contributed by atoms with van der Waals surface area (Å²) in [5.74, 6) is 0. The van der Waals surface area contributed by atoms with Gasteiger partial charge in [-0.1, -0.05) is 42.5 Å². The Bertz CT molecular complexity index is 812. The van der Waals surface area contributed by atoms with Crippen molar-refractivity contribution >= 4 is 11.7 Å².